The van der Waals surface area contributed by atoms with Crippen LogP contribution >= 0.6 is 23.2 Å². The molecule has 0 radical (unpaired) electrons. The summed E-state index contributed by atoms with van der Waals surface area (Å²) in [5.74, 6) is 1.79. The van der Waals surface area contributed by atoms with Crippen LogP contribution in [-0.2, 0) is 0 Å². The fraction of sp³-hybridized carbons (Fsp3) is 0.381. The van der Waals surface area contributed by atoms with E-state index in [0.717, 1.165) is 36.5 Å². The summed E-state index contributed by atoms with van der Waals surface area (Å²) in [7, 11) is 1.71. The Kier molecular flexibility index (Phi) is 6.92. The van der Waals surface area contributed by atoms with Crippen molar-refractivity contribution in [2.75, 3.05) is 31.6 Å². The van der Waals surface area contributed by atoms with Gasteiger partial charge < -0.3 is 20.7 Å². The van der Waals surface area contributed by atoms with Gasteiger partial charge in [0.2, 0.25) is 0 Å². The molecule has 0 aromatic heterocycles. The van der Waals surface area contributed by atoms with E-state index in [2.05, 4.69) is 21.3 Å². The summed E-state index contributed by atoms with van der Waals surface area (Å²) >= 11 is 12.2. The van der Waals surface area contributed by atoms with Crippen molar-refractivity contribution in [3.05, 3.63) is 58.1 Å². The van der Waals surface area contributed by atoms with Gasteiger partial charge in [0, 0.05) is 29.7 Å². The largest absolute Gasteiger partial charge is 0.495 e. The third-order valence-electron chi connectivity index (χ3n) is 5.02. The molecule has 7 heteroatoms. The zero-order valence-electron chi connectivity index (χ0n) is 16.2. The molecule has 3 N–H and O–H groups in total. The Balaban J connectivity index is 1.55. The first-order chi connectivity index (χ1) is 13.5. The summed E-state index contributed by atoms with van der Waals surface area (Å²) in [5.41, 5.74) is 8.17. The van der Waals surface area contributed by atoms with Crippen LogP contribution in [0.15, 0.2) is 47.5 Å². The molecule has 0 aliphatic carbocycles. The van der Waals surface area contributed by atoms with Crippen molar-refractivity contribution in [3.63, 3.8) is 0 Å². The number of ether oxygens (including phenoxy) is 1. The molecule has 2 aromatic carbocycles. The molecule has 28 heavy (non-hydrogen) atoms. The Morgan fingerprint density at radius 1 is 1.32 bits per heavy atom. The minimum atomic E-state index is -0.0535. The Bertz CT molecular complexity index is 843. The second-order valence-electron chi connectivity index (χ2n) is 7.03. The second kappa shape index (κ2) is 9.39. The minimum Gasteiger partial charge on any atom is -0.495 e. The van der Waals surface area contributed by atoms with Crippen LogP contribution in [-0.4, -0.2) is 32.7 Å². The van der Waals surface area contributed by atoms with Gasteiger partial charge in [0.1, 0.15) is 5.75 Å². The van der Waals surface area contributed by atoms with Crippen LogP contribution in [0.25, 0.3) is 0 Å². The zero-order valence-corrected chi connectivity index (χ0v) is 17.7. The van der Waals surface area contributed by atoms with Gasteiger partial charge in [-0.3, -0.25) is 4.99 Å². The van der Waals surface area contributed by atoms with Gasteiger partial charge in [-0.05, 0) is 49.1 Å². The van der Waals surface area contributed by atoms with Crippen molar-refractivity contribution in [1.82, 2.24) is 5.32 Å². The summed E-state index contributed by atoms with van der Waals surface area (Å²) in [6, 6.07) is 13.5. The number of hydrogen-bond acceptors (Lipinski definition) is 3. The van der Waals surface area contributed by atoms with Crippen LogP contribution in [0.5, 0.6) is 5.75 Å². The predicted octanol–water partition coefficient (Wildman–Crippen LogP) is 4.49. The maximum Gasteiger partial charge on any atom is 0.189 e. The summed E-state index contributed by atoms with van der Waals surface area (Å²) in [6.45, 7) is 4.61. The standard InChI is InChI=1S/C21H26Cl2N4O/c1-14(17-8-7-16(22)11-18(17)23)26-21(24)25-12-15-9-10-27(13-15)19-5-3-4-6-20(19)28-2/h3-8,11,14-15H,9-10,12-13H2,1-2H3,(H3,24,25,26). The maximum absolute atomic E-state index is 6.27. The van der Waals surface area contributed by atoms with Crippen molar-refractivity contribution in [2.24, 2.45) is 16.6 Å². The van der Waals surface area contributed by atoms with E-state index < -0.39 is 0 Å². The highest BCUT2D eigenvalue weighted by molar-refractivity contribution is 6.35. The van der Waals surface area contributed by atoms with E-state index in [9.17, 15) is 0 Å². The molecule has 1 heterocycles. The smallest absolute Gasteiger partial charge is 0.189 e. The number of nitrogens with zero attached hydrogens (tertiary/aromatic N) is 2. The average molecular weight is 421 g/mol. The fourth-order valence-corrected chi connectivity index (χ4v) is 4.09. The van der Waals surface area contributed by atoms with Crippen LogP contribution in [0.2, 0.25) is 10.0 Å². The SMILES string of the molecule is COc1ccccc1N1CCC(CN=C(N)NC(C)c2ccc(Cl)cc2Cl)C1. The topological polar surface area (TPSA) is 62.9 Å². The van der Waals surface area contributed by atoms with E-state index in [1.807, 2.05) is 37.3 Å². The first-order valence-corrected chi connectivity index (χ1v) is 10.1. The molecule has 2 atom stereocenters. The lowest BCUT2D eigenvalue weighted by atomic mass is 10.1. The van der Waals surface area contributed by atoms with Crippen molar-refractivity contribution >= 4 is 34.8 Å². The van der Waals surface area contributed by atoms with Gasteiger partial charge in [-0.1, -0.05) is 41.4 Å². The van der Waals surface area contributed by atoms with E-state index in [4.69, 9.17) is 33.7 Å². The van der Waals surface area contributed by atoms with Crippen molar-refractivity contribution in [1.29, 1.82) is 0 Å². The van der Waals surface area contributed by atoms with E-state index in [-0.39, 0.29) is 6.04 Å². The monoisotopic (exact) mass is 420 g/mol. The van der Waals surface area contributed by atoms with Gasteiger partial charge in [-0.2, -0.15) is 0 Å². The van der Waals surface area contributed by atoms with E-state index in [0.29, 0.717) is 28.5 Å². The molecule has 0 amide bonds. The Morgan fingerprint density at radius 2 is 2.11 bits per heavy atom. The van der Waals surface area contributed by atoms with Crippen LogP contribution < -0.4 is 20.7 Å². The lowest BCUT2D eigenvalue weighted by Crippen LogP contribution is -2.34. The van der Waals surface area contributed by atoms with Crippen molar-refractivity contribution in [3.8, 4) is 5.75 Å². The summed E-state index contributed by atoms with van der Waals surface area (Å²) < 4.78 is 5.48. The molecule has 3 rings (SSSR count). The highest BCUT2D eigenvalue weighted by Gasteiger charge is 2.24. The predicted molar refractivity (Wildman–Crippen MR) is 118 cm³/mol. The summed E-state index contributed by atoms with van der Waals surface area (Å²) in [6.07, 6.45) is 1.08. The van der Waals surface area contributed by atoms with Crippen molar-refractivity contribution in [2.45, 2.75) is 19.4 Å². The Labute approximate surface area is 176 Å². The van der Waals surface area contributed by atoms with Gasteiger partial charge in [0.05, 0.1) is 18.8 Å². The quantitative estimate of drug-likeness (QED) is 0.533. The highest BCUT2D eigenvalue weighted by Crippen LogP contribution is 2.32. The molecule has 1 saturated heterocycles. The fourth-order valence-electron chi connectivity index (χ4n) is 3.52. The molecule has 0 spiro atoms. The number of hydrogen-bond donors (Lipinski definition) is 2. The van der Waals surface area contributed by atoms with Gasteiger partial charge in [-0.15, -0.1) is 0 Å². The number of anilines is 1. The molecule has 1 fully saturated rings. The molecule has 1 aliphatic heterocycles. The lowest BCUT2D eigenvalue weighted by molar-refractivity contribution is 0.414. The summed E-state index contributed by atoms with van der Waals surface area (Å²) in [4.78, 5) is 6.89. The molecule has 1 aliphatic rings. The zero-order chi connectivity index (χ0) is 20.1. The number of guanidine groups is 1. The normalized spacial score (nSPS) is 18.2. The maximum atomic E-state index is 6.27. The molecular weight excluding hydrogens is 395 g/mol. The Morgan fingerprint density at radius 3 is 2.86 bits per heavy atom. The average Bonchev–Trinajstić information content (AvgIpc) is 3.15. The minimum absolute atomic E-state index is 0.0535. The molecule has 150 valence electrons. The number of halogens is 2. The Hall–Kier alpha value is -2.11. The van der Waals surface area contributed by atoms with Crippen LogP contribution in [0.4, 0.5) is 5.69 Å². The van der Waals surface area contributed by atoms with Gasteiger partial charge in [0.25, 0.3) is 0 Å². The molecule has 0 saturated carbocycles. The number of methoxy groups -OCH3 is 1. The van der Waals surface area contributed by atoms with Crippen LogP contribution in [0.3, 0.4) is 0 Å². The molecule has 2 unspecified atom stereocenters. The first-order valence-electron chi connectivity index (χ1n) is 9.37. The summed E-state index contributed by atoms with van der Waals surface area (Å²) in [5, 5.41) is 4.44. The third-order valence-corrected chi connectivity index (χ3v) is 5.59. The van der Waals surface area contributed by atoms with Crippen LogP contribution in [0, 0.1) is 5.92 Å². The van der Waals surface area contributed by atoms with E-state index >= 15 is 0 Å². The molecule has 2 aromatic rings. The second-order valence-corrected chi connectivity index (χ2v) is 7.87. The van der Waals surface area contributed by atoms with Crippen molar-refractivity contribution < 1.29 is 4.74 Å². The third kappa shape index (κ3) is 5.03. The number of para-hydroxylation sites is 2. The number of nitrogens with one attached hydrogen (secondary N) is 1. The number of nitrogens with two attached hydrogens (primary N) is 1. The number of benzene rings is 2. The van der Waals surface area contributed by atoms with Gasteiger partial charge >= 0.3 is 0 Å². The van der Waals surface area contributed by atoms with E-state index in [1.54, 1.807) is 13.2 Å². The van der Waals surface area contributed by atoms with Gasteiger partial charge in [0.15, 0.2) is 5.96 Å². The molecular formula is C21H26Cl2N4O. The lowest BCUT2D eigenvalue weighted by Gasteiger charge is -2.21. The van der Waals surface area contributed by atoms with Crippen LogP contribution in [0.1, 0.15) is 24.9 Å². The van der Waals surface area contributed by atoms with E-state index in [1.165, 1.54) is 0 Å². The molecule has 5 nitrogen and oxygen atoms in total. The number of aliphatic imine (C=N–C) groups is 1. The molecule has 0 bridgehead atoms. The highest BCUT2D eigenvalue weighted by atomic mass is 35.5. The number of rotatable bonds is 6. The van der Waals surface area contributed by atoms with Gasteiger partial charge in [-0.25, -0.2) is 0 Å². The first kappa shape index (κ1) is 20.6.